The fourth-order valence-corrected chi connectivity index (χ4v) is 1.60. The Morgan fingerprint density at radius 2 is 2.20 bits per heavy atom. The highest BCUT2D eigenvalue weighted by atomic mass is 16.6. The molecule has 0 aromatic heterocycles. The zero-order valence-corrected chi connectivity index (χ0v) is 11.6. The Morgan fingerprint density at radius 1 is 1.50 bits per heavy atom. The number of ether oxygens (including phenoxy) is 1. The topological polar surface area (TPSA) is 107 Å². The summed E-state index contributed by atoms with van der Waals surface area (Å²) in [6.45, 7) is 5.30. The number of anilines is 1. The third-order valence-corrected chi connectivity index (χ3v) is 2.48. The van der Waals surface area contributed by atoms with Gasteiger partial charge >= 0.3 is 5.69 Å². The first kappa shape index (κ1) is 15.9. The molecule has 7 nitrogen and oxygen atoms in total. The van der Waals surface area contributed by atoms with Gasteiger partial charge in [0.2, 0.25) is 0 Å². The monoisotopic (exact) mass is 281 g/mol. The fraction of sp³-hybridized carbons (Fsp3) is 0.462. The molecule has 0 saturated heterocycles. The lowest BCUT2D eigenvalue weighted by molar-refractivity contribution is -0.384. The molecule has 0 bridgehead atoms. The van der Waals surface area contributed by atoms with Crippen LogP contribution in [0, 0.1) is 16.0 Å². The quantitative estimate of drug-likeness (QED) is 0.341. The minimum Gasteiger partial charge on any atom is -0.393 e. The Bertz CT molecular complexity index is 489. The van der Waals surface area contributed by atoms with Gasteiger partial charge in [-0.1, -0.05) is 19.9 Å². The number of carbonyl (C=O) groups excluding carboxylic acids is 1. The van der Waals surface area contributed by atoms with Crippen molar-refractivity contribution in [3.8, 4) is 0 Å². The lowest BCUT2D eigenvalue weighted by Crippen LogP contribution is -2.28. The van der Waals surface area contributed by atoms with Crippen molar-refractivity contribution in [1.82, 2.24) is 5.32 Å². The molecule has 20 heavy (non-hydrogen) atoms. The van der Waals surface area contributed by atoms with Gasteiger partial charge in [0.05, 0.1) is 11.5 Å². The number of carbonyl (C=O) groups is 1. The molecule has 1 aromatic carbocycles. The van der Waals surface area contributed by atoms with Crippen LogP contribution in [0.3, 0.4) is 0 Å². The van der Waals surface area contributed by atoms with Gasteiger partial charge in [-0.3, -0.25) is 14.9 Å². The van der Waals surface area contributed by atoms with Crippen molar-refractivity contribution in [2.75, 3.05) is 25.5 Å². The van der Waals surface area contributed by atoms with Crippen LogP contribution < -0.4 is 11.1 Å². The normalized spacial score (nSPS) is 10.6. The predicted molar refractivity (Wildman–Crippen MR) is 75.5 cm³/mol. The third kappa shape index (κ3) is 4.51. The highest BCUT2D eigenvalue weighted by molar-refractivity contribution is 6.00. The summed E-state index contributed by atoms with van der Waals surface area (Å²) in [7, 11) is 0. The molecule has 1 aromatic rings. The number of hydrogen-bond acceptors (Lipinski definition) is 5. The highest BCUT2D eigenvalue weighted by Gasteiger charge is 2.22. The van der Waals surface area contributed by atoms with Crippen LogP contribution in [0.25, 0.3) is 0 Å². The van der Waals surface area contributed by atoms with E-state index in [-0.39, 0.29) is 23.5 Å². The van der Waals surface area contributed by atoms with Crippen LogP contribution >= 0.6 is 0 Å². The number of para-hydroxylation sites is 1. The average Bonchev–Trinajstić information content (AvgIpc) is 2.36. The standard InChI is InChI=1S/C13H19N3O4/c1-9(2)8-20-7-6-15-13(17)10-4-3-5-11(14)12(10)16(18)19/h3-5,9H,6-8,14H2,1-2H3,(H,15,17). The molecule has 0 atom stereocenters. The van der Waals surface area contributed by atoms with Gasteiger partial charge < -0.3 is 15.8 Å². The first-order valence-electron chi connectivity index (χ1n) is 6.32. The summed E-state index contributed by atoms with van der Waals surface area (Å²) in [6, 6.07) is 4.27. The Hall–Kier alpha value is -2.15. The summed E-state index contributed by atoms with van der Waals surface area (Å²) in [4.78, 5) is 22.2. The molecule has 0 aliphatic rings. The van der Waals surface area contributed by atoms with Crippen LogP contribution in [0.4, 0.5) is 11.4 Å². The molecule has 0 radical (unpaired) electrons. The van der Waals surface area contributed by atoms with Gasteiger partial charge in [-0.25, -0.2) is 0 Å². The maximum absolute atomic E-state index is 11.9. The number of nitro benzene ring substituents is 1. The van der Waals surface area contributed by atoms with Crippen LogP contribution in [-0.2, 0) is 4.74 Å². The molecule has 1 amide bonds. The summed E-state index contributed by atoms with van der Waals surface area (Å²) >= 11 is 0. The fourth-order valence-electron chi connectivity index (χ4n) is 1.60. The largest absolute Gasteiger partial charge is 0.393 e. The zero-order valence-electron chi connectivity index (χ0n) is 11.6. The molecule has 7 heteroatoms. The number of nitrogens with one attached hydrogen (secondary N) is 1. The molecule has 0 unspecified atom stereocenters. The molecule has 0 aliphatic heterocycles. The van der Waals surface area contributed by atoms with E-state index >= 15 is 0 Å². The molecule has 110 valence electrons. The SMILES string of the molecule is CC(C)COCCNC(=O)c1cccc(N)c1[N+](=O)[O-]. The summed E-state index contributed by atoms with van der Waals surface area (Å²) in [5, 5.41) is 13.5. The highest BCUT2D eigenvalue weighted by Crippen LogP contribution is 2.25. The predicted octanol–water partition coefficient (Wildman–Crippen LogP) is 1.58. The van der Waals surface area contributed by atoms with Crippen molar-refractivity contribution < 1.29 is 14.5 Å². The number of nitro groups is 1. The summed E-state index contributed by atoms with van der Waals surface area (Å²) in [5.74, 6) is -0.113. The Kier molecular flexibility index (Phi) is 5.92. The van der Waals surface area contributed by atoms with E-state index in [2.05, 4.69) is 5.32 Å². The van der Waals surface area contributed by atoms with Crippen molar-refractivity contribution in [1.29, 1.82) is 0 Å². The lowest BCUT2D eigenvalue weighted by atomic mass is 10.1. The van der Waals surface area contributed by atoms with E-state index in [1.807, 2.05) is 13.8 Å². The van der Waals surface area contributed by atoms with Crippen molar-refractivity contribution >= 4 is 17.3 Å². The smallest absolute Gasteiger partial charge is 0.304 e. The molecule has 3 N–H and O–H groups in total. The second kappa shape index (κ2) is 7.44. The number of amides is 1. The van der Waals surface area contributed by atoms with E-state index in [0.29, 0.717) is 19.1 Å². The van der Waals surface area contributed by atoms with E-state index in [0.717, 1.165) is 0 Å². The van der Waals surface area contributed by atoms with Crippen LogP contribution in [0.5, 0.6) is 0 Å². The van der Waals surface area contributed by atoms with Gasteiger partial charge in [-0.2, -0.15) is 0 Å². The van der Waals surface area contributed by atoms with E-state index in [9.17, 15) is 14.9 Å². The van der Waals surface area contributed by atoms with E-state index in [1.54, 1.807) is 0 Å². The molecule has 0 saturated carbocycles. The van der Waals surface area contributed by atoms with Gasteiger partial charge in [0.25, 0.3) is 5.91 Å². The zero-order chi connectivity index (χ0) is 15.1. The van der Waals surface area contributed by atoms with Crippen molar-refractivity contribution in [2.24, 2.45) is 5.92 Å². The van der Waals surface area contributed by atoms with Crippen molar-refractivity contribution in [2.45, 2.75) is 13.8 Å². The van der Waals surface area contributed by atoms with Gasteiger partial charge in [0, 0.05) is 13.2 Å². The summed E-state index contributed by atoms with van der Waals surface area (Å²) < 4.78 is 5.31. The average molecular weight is 281 g/mol. The third-order valence-electron chi connectivity index (χ3n) is 2.48. The number of nitrogens with two attached hydrogens (primary N) is 1. The maximum Gasteiger partial charge on any atom is 0.304 e. The first-order chi connectivity index (χ1) is 9.43. The molecule has 0 spiro atoms. The van der Waals surface area contributed by atoms with Gasteiger partial charge in [0.1, 0.15) is 11.3 Å². The Balaban J connectivity index is 2.60. The minimum absolute atomic E-state index is 0.0290. The summed E-state index contributed by atoms with van der Waals surface area (Å²) in [5.41, 5.74) is 5.08. The van der Waals surface area contributed by atoms with Gasteiger partial charge in [-0.05, 0) is 18.1 Å². The number of nitrogens with zero attached hydrogens (tertiary/aromatic N) is 1. The van der Waals surface area contributed by atoms with Gasteiger partial charge in [-0.15, -0.1) is 0 Å². The van der Waals surface area contributed by atoms with E-state index in [4.69, 9.17) is 10.5 Å². The lowest BCUT2D eigenvalue weighted by Gasteiger charge is -2.09. The summed E-state index contributed by atoms with van der Waals surface area (Å²) in [6.07, 6.45) is 0. The van der Waals surface area contributed by atoms with E-state index in [1.165, 1.54) is 18.2 Å². The second-order valence-corrected chi connectivity index (χ2v) is 4.73. The van der Waals surface area contributed by atoms with E-state index < -0.39 is 10.8 Å². The van der Waals surface area contributed by atoms with Crippen molar-refractivity contribution in [3.63, 3.8) is 0 Å². The minimum atomic E-state index is -0.653. The first-order valence-corrected chi connectivity index (χ1v) is 6.32. The maximum atomic E-state index is 11.9. The van der Waals surface area contributed by atoms with Crippen LogP contribution in [0.15, 0.2) is 18.2 Å². The molecule has 1 rings (SSSR count). The molecular formula is C13H19N3O4. The second-order valence-electron chi connectivity index (χ2n) is 4.73. The number of nitrogen functional groups attached to an aromatic ring is 1. The number of hydrogen-bond donors (Lipinski definition) is 2. The van der Waals surface area contributed by atoms with Crippen LogP contribution in [-0.4, -0.2) is 30.6 Å². The number of rotatable bonds is 7. The molecule has 0 aliphatic carbocycles. The molecular weight excluding hydrogens is 262 g/mol. The van der Waals surface area contributed by atoms with Crippen molar-refractivity contribution in [3.05, 3.63) is 33.9 Å². The van der Waals surface area contributed by atoms with Crippen LogP contribution in [0.1, 0.15) is 24.2 Å². The van der Waals surface area contributed by atoms with Gasteiger partial charge in [0.15, 0.2) is 0 Å². The molecule has 0 heterocycles. The molecule has 0 fully saturated rings. The van der Waals surface area contributed by atoms with Crippen LogP contribution in [0.2, 0.25) is 0 Å². The Labute approximate surface area is 117 Å². The number of benzene rings is 1. The Morgan fingerprint density at radius 3 is 2.80 bits per heavy atom.